The van der Waals surface area contributed by atoms with Gasteiger partial charge in [-0.2, -0.15) is 0 Å². The molecule has 0 bridgehead atoms. The molecule has 0 fully saturated rings. The first-order valence-corrected chi connectivity index (χ1v) is 5.67. The molecule has 80 valence electrons. The molecule has 3 N–H and O–H groups in total. The molecule has 2 aromatic rings. The zero-order chi connectivity index (χ0) is 11.3. The molecule has 0 atom stereocenters. The van der Waals surface area contributed by atoms with Crippen molar-refractivity contribution in [3.8, 4) is 0 Å². The smallest absolute Gasteiger partial charge is 0.303 e. The fourth-order valence-corrected chi connectivity index (χ4v) is 1.06. The molecule has 4 nitrogen and oxygen atoms in total. The van der Waals surface area contributed by atoms with Crippen molar-refractivity contribution in [2.75, 3.05) is 0 Å². The Morgan fingerprint density at radius 3 is 2.06 bits per heavy atom. The van der Waals surface area contributed by atoms with E-state index in [2.05, 4.69) is 24.3 Å². The maximum absolute atomic E-state index is 8.88. The average Bonchev–Trinajstić information content (AvgIpc) is 2.16. The van der Waals surface area contributed by atoms with Crippen LogP contribution in [-0.2, 0) is 4.57 Å². The van der Waals surface area contributed by atoms with Gasteiger partial charge in [-0.25, -0.2) is 4.57 Å². The van der Waals surface area contributed by atoms with Gasteiger partial charge in [0.15, 0.2) is 0 Å². The first-order valence-electron chi connectivity index (χ1n) is 4.10. The van der Waals surface area contributed by atoms with Crippen LogP contribution >= 0.6 is 7.82 Å². The summed E-state index contributed by atoms with van der Waals surface area (Å²) in [6.45, 7) is 0. The van der Waals surface area contributed by atoms with Gasteiger partial charge < -0.3 is 14.7 Å². The summed E-state index contributed by atoms with van der Waals surface area (Å²) in [6, 6.07) is 17.4. The van der Waals surface area contributed by atoms with Crippen LogP contribution in [0.1, 0.15) is 0 Å². The second-order valence-corrected chi connectivity index (χ2v) is 3.80. The van der Waals surface area contributed by atoms with Gasteiger partial charge in [-0.1, -0.05) is 12.1 Å². The van der Waals surface area contributed by atoms with Crippen molar-refractivity contribution in [2.45, 2.75) is 0 Å². The fourth-order valence-electron chi connectivity index (χ4n) is 1.06. The maximum atomic E-state index is 8.88. The SMILES string of the molecule is O=P(O)(O)O.[K+].[c-]1cccc2ccccc12. The predicted molar refractivity (Wildman–Crippen MR) is 57.0 cm³/mol. The Balaban J connectivity index is 0.000000330. The maximum Gasteiger partial charge on any atom is 1.00 e. The van der Waals surface area contributed by atoms with E-state index in [9.17, 15) is 0 Å². The molecule has 0 aliphatic carbocycles. The van der Waals surface area contributed by atoms with E-state index in [1.165, 1.54) is 10.8 Å². The summed E-state index contributed by atoms with van der Waals surface area (Å²) in [6.07, 6.45) is 0. The van der Waals surface area contributed by atoms with Crippen LogP contribution in [0.3, 0.4) is 0 Å². The van der Waals surface area contributed by atoms with Gasteiger partial charge in [0.2, 0.25) is 0 Å². The molecule has 2 aromatic carbocycles. The first-order chi connectivity index (χ1) is 6.97. The zero-order valence-electron chi connectivity index (χ0n) is 8.74. The molecule has 0 spiro atoms. The first kappa shape index (κ1) is 16.4. The minimum atomic E-state index is -4.64. The van der Waals surface area contributed by atoms with Gasteiger partial charge in [-0.15, -0.1) is 47.2 Å². The summed E-state index contributed by atoms with van der Waals surface area (Å²) in [5.41, 5.74) is 0. The Morgan fingerprint density at radius 2 is 1.50 bits per heavy atom. The van der Waals surface area contributed by atoms with Gasteiger partial charge in [0.25, 0.3) is 0 Å². The quantitative estimate of drug-likeness (QED) is 0.314. The Labute approximate surface area is 136 Å². The van der Waals surface area contributed by atoms with Gasteiger partial charge in [0, 0.05) is 0 Å². The van der Waals surface area contributed by atoms with E-state index < -0.39 is 7.82 Å². The van der Waals surface area contributed by atoms with Gasteiger partial charge in [0.1, 0.15) is 0 Å². The summed E-state index contributed by atoms with van der Waals surface area (Å²) in [7, 11) is -4.64. The summed E-state index contributed by atoms with van der Waals surface area (Å²) in [5.74, 6) is 0. The zero-order valence-corrected chi connectivity index (χ0v) is 12.8. The van der Waals surface area contributed by atoms with Crippen molar-refractivity contribution >= 4 is 18.6 Å². The Kier molecular flexibility index (Phi) is 7.93. The van der Waals surface area contributed by atoms with E-state index in [0.717, 1.165) is 0 Å². The number of fused-ring (bicyclic) bond motifs is 1. The average molecular weight is 264 g/mol. The molecule has 0 radical (unpaired) electrons. The molecule has 0 unspecified atom stereocenters. The van der Waals surface area contributed by atoms with Crippen LogP contribution in [0.15, 0.2) is 42.5 Å². The van der Waals surface area contributed by atoms with E-state index in [0.29, 0.717) is 0 Å². The molecule has 0 saturated heterocycles. The van der Waals surface area contributed by atoms with Crippen molar-refractivity contribution in [1.29, 1.82) is 0 Å². The van der Waals surface area contributed by atoms with Crippen LogP contribution in [0.2, 0.25) is 0 Å². The predicted octanol–water partition coefficient (Wildman–Crippen LogP) is -1.28. The van der Waals surface area contributed by atoms with Crippen LogP contribution in [0.25, 0.3) is 10.8 Å². The van der Waals surface area contributed by atoms with Gasteiger partial charge in [-0.3, -0.25) is 0 Å². The van der Waals surface area contributed by atoms with Crippen LogP contribution < -0.4 is 51.4 Å². The molecule has 0 aliphatic heterocycles. The standard InChI is InChI=1S/C10H7.K.H3O4P/c1-2-6-10-8-4-3-7-9(10)5-1;;1-5(2,3)4/h1-7H;;(H3,1,2,3,4)/q-1;+1;. The van der Waals surface area contributed by atoms with Gasteiger partial charge in [0.05, 0.1) is 0 Å². The van der Waals surface area contributed by atoms with E-state index in [-0.39, 0.29) is 51.4 Å². The third kappa shape index (κ3) is 7.68. The van der Waals surface area contributed by atoms with Crippen molar-refractivity contribution < 1.29 is 70.6 Å². The third-order valence-electron chi connectivity index (χ3n) is 1.57. The summed E-state index contributed by atoms with van der Waals surface area (Å²) < 4.78 is 8.88. The number of hydrogen-bond donors (Lipinski definition) is 3. The van der Waals surface area contributed by atoms with E-state index >= 15 is 0 Å². The molecule has 6 heteroatoms. The van der Waals surface area contributed by atoms with Crippen molar-refractivity contribution in [3.05, 3.63) is 48.5 Å². The molecular weight excluding hydrogens is 254 g/mol. The van der Waals surface area contributed by atoms with Gasteiger partial charge in [-0.05, 0) is 0 Å². The second kappa shape index (κ2) is 7.71. The Hall–Kier alpha value is 0.446. The molecule has 16 heavy (non-hydrogen) atoms. The fraction of sp³-hybridized carbons (Fsp3) is 0. The van der Waals surface area contributed by atoms with Crippen LogP contribution in [0.5, 0.6) is 0 Å². The number of rotatable bonds is 0. The summed E-state index contributed by atoms with van der Waals surface area (Å²) in [5, 5.41) is 2.44. The Bertz CT molecular complexity index is 409. The van der Waals surface area contributed by atoms with Gasteiger partial charge >= 0.3 is 59.2 Å². The summed E-state index contributed by atoms with van der Waals surface area (Å²) in [4.78, 5) is 21.6. The van der Waals surface area contributed by atoms with Crippen LogP contribution in [0.4, 0.5) is 0 Å². The monoisotopic (exact) mass is 264 g/mol. The molecule has 0 aliphatic rings. The van der Waals surface area contributed by atoms with Crippen molar-refractivity contribution in [1.82, 2.24) is 0 Å². The third-order valence-corrected chi connectivity index (χ3v) is 1.57. The van der Waals surface area contributed by atoms with Crippen molar-refractivity contribution in [2.24, 2.45) is 0 Å². The number of phosphoric acid groups is 1. The van der Waals surface area contributed by atoms with Crippen molar-refractivity contribution in [3.63, 3.8) is 0 Å². The number of benzene rings is 2. The molecule has 0 heterocycles. The summed E-state index contributed by atoms with van der Waals surface area (Å²) >= 11 is 0. The molecule has 2 rings (SSSR count). The van der Waals surface area contributed by atoms with Crippen LogP contribution in [0, 0.1) is 6.07 Å². The molecular formula is C10H10KO4P. The second-order valence-electron chi connectivity index (χ2n) is 2.77. The molecule has 0 aromatic heterocycles. The number of hydrogen-bond acceptors (Lipinski definition) is 1. The minimum absolute atomic E-state index is 0. The van der Waals surface area contributed by atoms with E-state index in [1.807, 2.05) is 24.3 Å². The van der Waals surface area contributed by atoms with E-state index in [1.54, 1.807) is 0 Å². The molecule has 0 amide bonds. The van der Waals surface area contributed by atoms with Crippen LogP contribution in [-0.4, -0.2) is 14.7 Å². The normalized spacial score (nSPS) is 9.94. The van der Waals surface area contributed by atoms with E-state index in [4.69, 9.17) is 19.2 Å². The largest absolute Gasteiger partial charge is 1.00 e. The minimum Gasteiger partial charge on any atom is -0.303 e. The molecule has 0 saturated carbocycles. The Morgan fingerprint density at radius 1 is 1.00 bits per heavy atom. The topological polar surface area (TPSA) is 77.8 Å².